The van der Waals surface area contributed by atoms with Gasteiger partial charge in [-0.2, -0.15) is 0 Å². The summed E-state index contributed by atoms with van der Waals surface area (Å²) in [5.74, 6) is 0.839. The lowest BCUT2D eigenvalue weighted by Gasteiger charge is -2.22. The van der Waals surface area contributed by atoms with Crippen LogP contribution in [0, 0.1) is 0 Å². The highest BCUT2D eigenvalue weighted by molar-refractivity contribution is 5.35. The van der Waals surface area contributed by atoms with E-state index in [0.29, 0.717) is 0 Å². The molecule has 1 heterocycles. The molecule has 0 aliphatic rings. The van der Waals surface area contributed by atoms with E-state index in [-0.39, 0.29) is 6.04 Å². The fourth-order valence-corrected chi connectivity index (χ4v) is 2.24. The molecule has 4 nitrogen and oxygen atoms in total. The number of methoxy groups -OCH3 is 1. The number of hydrogen-bond acceptors (Lipinski definition) is 4. The first-order valence-electron chi connectivity index (χ1n) is 6.67. The molecule has 1 aromatic heterocycles. The van der Waals surface area contributed by atoms with E-state index in [1.54, 1.807) is 7.11 Å². The molecule has 1 unspecified atom stereocenters. The van der Waals surface area contributed by atoms with Crippen molar-refractivity contribution in [3.8, 4) is 5.75 Å². The van der Waals surface area contributed by atoms with Crippen LogP contribution in [0.4, 0.5) is 0 Å². The molecule has 0 saturated carbocycles. The lowest BCUT2D eigenvalue weighted by molar-refractivity contribution is 0.298. The van der Waals surface area contributed by atoms with Gasteiger partial charge in [-0.1, -0.05) is 24.3 Å². The summed E-state index contributed by atoms with van der Waals surface area (Å²) in [5, 5.41) is 0. The quantitative estimate of drug-likeness (QED) is 0.875. The van der Waals surface area contributed by atoms with Gasteiger partial charge in [0.1, 0.15) is 5.75 Å². The van der Waals surface area contributed by atoms with Crippen molar-refractivity contribution in [3.05, 3.63) is 59.9 Å². The average molecular weight is 271 g/mol. The molecule has 20 heavy (non-hydrogen) atoms. The Hall–Kier alpha value is -1.91. The summed E-state index contributed by atoms with van der Waals surface area (Å²) in [6.07, 6.45) is 1.81. The third kappa shape index (κ3) is 3.79. The van der Waals surface area contributed by atoms with Crippen molar-refractivity contribution >= 4 is 0 Å². The van der Waals surface area contributed by atoms with Crippen LogP contribution in [0.1, 0.15) is 17.3 Å². The molecule has 0 fully saturated rings. The Kier molecular flexibility index (Phi) is 5.09. The van der Waals surface area contributed by atoms with Crippen LogP contribution in [0.5, 0.6) is 5.75 Å². The van der Waals surface area contributed by atoms with Crippen LogP contribution in [0.15, 0.2) is 48.7 Å². The number of para-hydroxylation sites is 1. The van der Waals surface area contributed by atoms with Gasteiger partial charge in [-0.05, 0) is 25.2 Å². The average Bonchev–Trinajstić information content (AvgIpc) is 2.48. The summed E-state index contributed by atoms with van der Waals surface area (Å²) in [6, 6.07) is 13.7. The SMILES string of the molecule is COc1ccccc1C(N)CN(C)Cc1ccccn1. The van der Waals surface area contributed by atoms with Crippen LogP contribution in [-0.2, 0) is 6.54 Å². The Balaban J connectivity index is 1.98. The van der Waals surface area contributed by atoms with Gasteiger partial charge < -0.3 is 10.5 Å². The topological polar surface area (TPSA) is 51.4 Å². The summed E-state index contributed by atoms with van der Waals surface area (Å²) < 4.78 is 5.36. The number of likely N-dealkylation sites (N-methyl/N-ethyl adjacent to an activating group) is 1. The Labute approximate surface area is 120 Å². The predicted octanol–water partition coefficient (Wildman–Crippen LogP) is 2.22. The van der Waals surface area contributed by atoms with Crippen LogP contribution < -0.4 is 10.5 Å². The minimum atomic E-state index is -0.0835. The molecule has 4 heteroatoms. The van der Waals surface area contributed by atoms with Crippen molar-refractivity contribution in [2.75, 3.05) is 20.7 Å². The summed E-state index contributed by atoms with van der Waals surface area (Å²) in [5.41, 5.74) is 8.36. The van der Waals surface area contributed by atoms with Gasteiger partial charge in [0.2, 0.25) is 0 Å². The minimum absolute atomic E-state index is 0.0835. The highest BCUT2D eigenvalue weighted by Crippen LogP contribution is 2.23. The molecule has 0 saturated heterocycles. The molecule has 0 radical (unpaired) electrons. The van der Waals surface area contributed by atoms with Crippen LogP contribution >= 0.6 is 0 Å². The lowest BCUT2D eigenvalue weighted by Crippen LogP contribution is -2.29. The van der Waals surface area contributed by atoms with E-state index in [2.05, 4.69) is 9.88 Å². The number of nitrogens with two attached hydrogens (primary N) is 1. The number of benzene rings is 1. The number of hydrogen-bond donors (Lipinski definition) is 1. The van der Waals surface area contributed by atoms with E-state index >= 15 is 0 Å². The van der Waals surface area contributed by atoms with Gasteiger partial charge in [0.15, 0.2) is 0 Å². The zero-order valence-electron chi connectivity index (χ0n) is 12.0. The van der Waals surface area contributed by atoms with E-state index in [4.69, 9.17) is 10.5 Å². The largest absolute Gasteiger partial charge is 0.496 e. The van der Waals surface area contributed by atoms with E-state index in [1.807, 2.05) is 55.7 Å². The number of ether oxygens (including phenoxy) is 1. The molecule has 0 aliphatic heterocycles. The van der Waals surface area contributed by atoms with Crippen LogP contribution in [0.3, 0.4) is 0 Å². The third-order valence-electron chi connectivity index (χ3n) is 3.20. The smallest absolute Gasteiger partial charge is 0.123 e. The number of nitrogens with zero attached hydrogens (tertiary/aromatic N) is 2. The highest BCUT2D eigenvalue weighted by Gasteiger charge is 2.13. The van der Waals surface area contributed by atoms with Crippen molar-refractivity contribution in [2.24, 2.45) is 5.73 Å². The monoisotopic (exact) mass is 271 g/mol. The normalized spacial score (nSPS) is 12.4. The maximum atomic E-state index is 6.28. The van der Waals surface area contributed by atoms with Gasteiger partial charge in [0, 0.05) is 30.9 Å². The Morgan fingerprint density at radius 1 is 1.20 bits per heavy atom. The van der Waals surface area contributed by atoms with E-state index in [9.17, 15) is 0 Å². The van der Waals surface area contributed by atoms with E-state index in [1.165, 1.54) is 0 Å². The molecule has 0 aliphatic carbocycles. The minimum Gasteiger partial charge on any atom is -0.496 e. The van der Waals surface area contributed by atoms with Gasteiger partial charge in [-0.3, -0.25) is 9.88 Å². The molecule has 0 amide bonds. The highest BCUT2D eigenvalue weighted by atomic mass is 16.5. The lowest BCUT2D eigenvalue weighted by atomic mass is 10.1. The third-order valence-corrected chi connectivity index (χ3v) is 3.20. The summed E-state index contributed by atoms with van der Waals surface area (Å²) in [6.45, 7) is 1.53. The molecule has 106 valence electrons. The fourth-order valence-electron chi connectivity index (χ4n) is 2.24. The van der Waals surface area contributed by atoms with Crippen molar-refractivity contribution in [1.29, 1.82) is 0 Å². The van der Waals surface area contributed by atoms with Crippen molar-refractivity contribution in [3.63, 3.8) is 0 Å². The second kappa shape index (κ2) is 7.03. The number of pyridine rings is 1. The first-order valence-corrected chi connectivity index (χ1v) is 6.67. The summed E-state index contributed by atoms with van der Waals surface area (Å²) in [7, 11) is 3.72. The molecule has 0 spiro atoms. The van der Waals surface area contributed by atoms with Gasteiger partial charge >= 0.3 is 0 Å². The molecule has 2 rings (SSSR count). The van der Waals surface area contributed by atoms with Gasteiger partial charge in [0.25, 0.3) is 0 Å². The first kappa shape index (κ1) is 14.5. The molecule has 2 N–H and O–H groups in total. The van der Waals surface area contributed by atoms with Gasteiger partial charge in [0.05, 0.1) is 12.8 Å². The van der Waals surface area contributed by atoms with Gasteiger partial charge in [-0.25, -0.2) is 0 Å². The zero-order valence-corrected chi connectivity index (χ0v) is 12.0. The predicted molar refractivity (Wildman–Crippen MR) is 80.5 cm³/mol. The van der Waals surface area contributed by atoms with Crippen molar-refractivity contribution < 1.29 is 4.74 Å². The van der Waals surface area contributed by atoms with E-state index < -0.39 is 0 Å². The second-order valence-corrected chi connectivity index (χ2v) is 4.87. The zero-order chi connectivity index (χ0) is 14.4. The molecule has 0 bridgehead atoms. The van der Waals surface area contributed by atoms with Crippen LogP contribution in [0.25, 0.3) is 0 Å². The molecule has 1 atom stereocenters. The maximum Gasteiger partial charge on any atom is 0.123 e. The molecule has 2 aromatic rings. The van der Waals surface area contributed by atoms with Crippen LogP contribution in [-0.4, -0.2) is 30.6 Å². The molecular weight excluding hydrogens is 250 g/mol. The maximum absolute atomic E-state index is 6.28. The number of rotatable bonds is 6. The second-order valence-electron chi connectivity index (χ2n) is 4.87. The van der Waals surface area contributed by atoms with E-state index in [0.717, 1.165) is 30.1 Å². The Morgan fingerprint density at radius 2 is 1.95 bits per heavy atom. The standard InChI is InChI=1S/C16H21N3O/c1-19(11-13-7-5-6-10-18-13)12-15(17)14-8-3-4-9-16(14)20-2/h3-10,15H,11-12,17H2,1-2H3. The summed E-state index contributed by atoms with van der Waals surface area (Å²) >= 11 is 0. The molecule has 1 aromatic carbocycles. The van der Waals surface area contributed by atoms with Crippen molar-refractivity contribution in [1.82, 2.24) is 9.88 Å². The Morgan fingerprint density at radius 3 is 2.65 bits per heavy atom. The molecular formula is C16H21N3O. The fraction of sp³-hybridized carbons (Fsp3) is 0.312. The Bertz CT molecular complexity index is 530. The number of aromatic nitrogens is 1. The van der Waals surface area contributed by atoms with Gasteiger partial charge in [-0.15, -0.1) is 0 Å². The van der Waals surface area contributed by atoms with Crippen LogP contribution in [0.2, 0.25) is 0 Å². The van der Waals surface area contributed by atoms with Crippen molar-refractivity contribution in [2.45, 2.75) is 12.6 Å². The summed E-state index contributed by atoms with van der Waals surface area (Å²) in [4.78, 5) is 6.49. The first-order chi connectivity index (χ1) is 9.70.